The second kappa shape index (κ2) is 5.41. The monoisotopic (exact) mass is 321 g/mol. The fraction of sp³-hybridized carbons (Fsp3) is 0.286. The number of halogens is 2. The molecule has 1 N–H and O–H groups in total. The Hall–Kier alpha value is -2.84. The van der Waals surface area contributed by atoms with Crippen molar-refractivity contribution < 1.29 is 18.7 Å². The van der Waals surface area contributed by atoms with E-state index in [-0.39, 0.29) is 16.6 Å². The molecular formula is C14H13F2N5O2. The second-order valence-corrected chi connectivity index (χ2v) is 5.14. The van der Waals surface area contributed by atoms with E-state index in [0.29, 0.717) is 17.0 Å². The average Bonchev–Trinajstić information content (AvgIpc) is 3.02. The van der Waals surface area contributed by atoms with Crippen molar-refractivity contribution >= 4 is 17.0 Å². The molecular weight excluding hydrogens is 308 g/mol. The number of carbonyl (C=O) groups is 1. The smallest absolute Gasteiger partial charge is 0.325 e. The zero-order chi connectivity index (χ0) is 16.7. The van der Waals surface area contributed by atoms with E-state index >= 15 is 0 Å². The van der Waals surface area contributed by atoms with E-state index in [2.05, 4.69) is 15.2 Å². The van der Waals surface area contributed by atoms with Gasteiger partial charge in [-0.1, -0.05) is 0 Å². The van der Waals surface area contributed by atoms with Crippen molar-refractivity contribution in [3.8, 4) is 11.3 Å². The van der Waals surface area contributed by atoms with E-state index in [1.54, 1.807) is 20.2 Å². The SMILES string of the molecule is Cc1nn(CC(=O)O)c2nc(-c3cnn(C)c3)cc(C(F)F)c12. The number of carboxylic acid groups (broad SMARTS) is 1. The minimum Gasteiger partial charge on any atom is -0.480 e. The van der Waals surface area contributed by atoms with Gasteiger partial charge >= 0.3 is 5.97 Å². The molecule has 0 fully saturated rings. The minimum atomic E-state index is -2.72. The predicted molar refractivity (Wildman–Crippen MR) is 77.1 cm³/mol. The van der Waals surface area contributed by atoms with Crippen LogP contribution in [-0.4, -0.2) is 35.6 Å². The topological polar surface area (TPSA) is 85.8 Å². The highest BCUT2D eigenvalue weighted by atomic mass is 19.3. The summed E-state index contributed by atoms with van der Waals surface area (Å²) >= 11 is 0. The summed E-state index contributed by atoms with van der Waals surface area (Å²) in [7, 11) is 1.70. The van der Waals surface area contributed by atoms with Crippen LogP contribution in [0, 0.1) is 6.92 Å². The Balaban J connectivity index is 2.30. The van der Waals surface area contributed by atoms with E-state index in [1.165, 1.54) is 16.9 Å². The molecule has 0 spiro atoms. The third-order valence-corrected chi connectivity index (χ3v) is 3.43. The number of carboxylic acids is 1. The molecule has 0 radical (unpaired) electrons. The van der Waals surface area contributed by atoms with Gasteiger partial charge in [-0.05, 0) is 13.0 Å². The highest BCUT2D eigenvalue weighted by Gasteiger charge is 2.22. The first kappa shape index (κ1) is 15.1. The van der Waals surface area contributed by atoms with Crippen LogP contribution in [0.5, 0.6) is 0 Å². The number of aryl methyl sites for hydroxylation is 2. The van der Waals surface area contributed by atoms with Crippen molar-refractivity contribution in [1.82, 2.24) is 24.5 Å². The van der Waals surface area contributed by atoms with E-state index < -0.39 is 18.9 Å². The Morgan fingerprint density at radius 1 is 1.43 bits per heavy atom. The standard InChI is InChI=1S/C14H13F2N5O2/c1-7-12-9(13(15)16)3-10(8-4-17-20(2)5-8)18-14(12)21(19-7)6-11(22)23/h3-5,13H,6H2,1-2H3,(H,22,23). The van der Waals surface area contributed by atoms with Gasteiger partial charge in [-0.3, -0.25) is 9.48 Å². The van der Waals surface area contributed by atoms with Crippen molar-refractivity contribution in [3.63, 3.8) is 0 Å². The molecule has 120 valence electrons. The van der Waals surface area contributed by atoms with E-state index in [1.807, 2.05) is 0 Å². The molecule has 0 aliphatic rings. The van der Waals surface area contributed by atoms with Crippen molar-refractivity contribution in [2.45, 2.75) is 19.9 Å². The van der Waals surface area contributed by atoms with Gasteiger partial charge in [0, 0.05) is 24.4 Å². The van der Waals surface area contributed by atoms with Gasteiger partial charge in [0.2, 0.25) is 0 Å². The van der Waals surface area contributed by atoms with Crippen LogP contribution in [0.25, 0.3) is 22.3 Å². The first-order valence-corrected chi connectivity index (χ1v) is 6.74. The molecule has 0 aliphatic carbocycles. The zero-order valence-electron chi connectivity index (χ0n) is 12.4. The Kier molecular flexibility index (Phi) is 3.55. The van der Waals surface area contributed by atoms with Gasteiger partial charge < -0.3 is 5.11 Å². The largest absolute Gasteiger partial charge is 0.480 e. The van der Waals surface area contributed by atoms with Crippen molar-refractivity contribution in [1.29, 1.82) is 0 Å². The summed E-state index contributed by atoms with van der Waals surface area (Å²) in [5, 5.41) is 17.2. The van der Waals surface area contributed by atoms with Crippen LogP contribution >= 0.6 is 0 Å². The van der Waals surface area contributed by atoms with Gasteiger partial charge in [-0.15, -0.1) is 0 Å². The predicted octanol–water partition coefficient (Wildman–Crippen LogP) is 2.16. The number of hydrogen-bond acceptors (Lipinski definition) is 4. The molecule has 3 rings (SSSR count). The number of hydrogen-bond donors (Lipinski definition) is 1. The Morgan fingerprint density at radius 2 is 2.17 bits per heavy atom. The van der Waals surface area contributed by atoms with Crippen LogP contribution in [0.1, 0.15) is 17.7 Å². The van der Waals surface area contributed by atoms with Crippen molar-refractivity contribution in [2.24, 2.45) is 7.05 Å². The average molecular weight is 321 g/mol. The molecule has 3 aromatic heterocycles. The molecule has 7 nitrogen and oxygen atoms in total. The maximum atomic E-state index is 13.4. The van der Waals surface area contributed by atoms with Gasteiger partial charge in [0.1, 0.15) is 6.54 Å². The van der Waals surface area contributed by atoms with Crippen LogP contribution in [0.4, 0.5) is 8.78 Å². The van der Waals surface area contributed by atoms with Gasteiger partial charge in [0.15, 0.2) is 5.65 Å². The van der Waals surface area contributed by atoms with E-state index in [9.17, 15) is 13.6 Å². The fourth-order valence-corrected chi connectivity index (χ4v) is 2.50. The van der Waals surface area contributed by atoms with Crippen molar-refractivity contribution in [3.05, 3.63) is 29.7 Å². The third-order valence-electron chi connectivity index (χ3n) is 3.43. The quantitative estimate of drug-likeness (QED) is 0.796. The molecule has 3 heterocycles. The fourth-order valence-electron chi connectivity index (χ4n) is 2.50. The molecule has 3 aromatic rings. The number of nitrogens with zero attached hydrogens (tertiary/aromatic N) is 5. The molecule has 0 saturated carbocycles. The van der Waals surface area contributed by atoms with Crippen LogP contribution in [-0.2, 0) is 18.4 Å². The molecule has 0 aromatic carbocycles. The first-order chi connectivity index (χ1) is 10.9. The molecule has 0 saturated heterocycles. The lowest BCUT2D eigenvalue weighted by atomic mass is 10.1. The third kappa shape index (κ3) is 2.65. The van der Waals surface area contributed by atoms with E-state index in [4.69, 9.17) is 5.11 Å². The number of pyridine rings is 1. The normalized spacial score (nSPS) is 11.5. The summed E-state index contributed by atoms with van der Waals surface area (Å²) in [5.41, 5.74) is 1.09. The second-order valence-electron chi connectivity index (χ2n) is 5.14. The lowest BCUT2D eigenvalue weighted by molar-refractivity contribution is -0.137. The maximum Gasteiger partial charge on any atom is 0.325 e. The Labute approximate surface area is 129 Å². The molecule has 23 heavy (non-hydrogen) atoms. The molecule has 0 atom stereocenters. The number of aromatic nitrogens is 5. The highest BCUT2D eigenvalue weighted by molar-refractivity contribution is 5.86. The van der Waals surface area contributed by atoms with Crippen molar-refractivity contribution in [2.75, 3.05) is 0 Å². The van der Waals surface area contributed by atoms with Crippen LogP contribution in [0.2, 0.25) is 0 Å². The number of alkyl halides is 2. The summed E-state index contributed by atoms with van der Waals surface area (Å²) in [6, 6.07) is 1.30. The highest BCUT2D eigenvalue weighted by Crippen LogP contribution is 2.32. The number of aliphatic carboxylic acids is 1. The van der Waals surface area contributed by atoms with Gasteiger partial charge in [0.25, 0.3) is 6.43 Å². The first-order valence-electron chi connectivity index (χ1n) is 6.74. The molecule has 0 bridgehead atoms. The molecule has 0 unspecified atom stereocenters. The van der Waals surface area contributed by atoms with Gasteiger partial charge in [0.05, 0.1) is 23.0 Å². The summed E-state index contributed by atoms with van der Waals surface area (Å²) in [4.78, 5) is 15.3. The number of rotatable bonds is 4. The van der Waals surface area contributed by atoms with Gasteiger partial charge in [-0.25, -0.2) is 18.4 Å². The van der Waals surface area contributed by atoms with Gasteiger partial charge in [-0.2, -0.15) is 10.2 Å². The molecule has 0 amide bonds. The number of fused-ring (bicyclic) bond motifs is 1. The summed E-state index contributed by atoms with van der Waals surface area (Å²) in [6.45, 7) is 1.11. The Bertz CT molecular complexity index is 900. The molecule has 9 heteroatoms. The lowest BCUT2D eigenvalue weighted by Crippen LogP contribution is -2.11. The van der Waals surface area contributed by atoms with Crippen LogP contribution in [0.3, 0.4) is 0 Å². The minimum absolute atomic E-state index is 0.126. The lowest BCUT2D eigenvalue weighted by Gasteiger charge is -2.06. The maximum absolute atomic E-state index is 13.4. The Morgan fingerprint density at radius 3 is 2.74 bits per heavy atom. The summed E-state index contributed by atoms with van der Waals surface area (Å²) < 4.78 is 29.6. The van der Waals surface area contributed by atoms with Crippen LogP contribution in [0.15, 0.2) is 18.5 Å². The van der Waals surface area contributed by atoms with Crippen LogP contribution < -0.4 is 0 Å². The van der Waals surface area contributed by atoms with E-state index in [0.717, 1.165) is 4.68 Å². The summed E-state index contributed by atoms with van der Waals surface area (Å²) in [6.07, 6.45) is 0.430. The zero-order valence-corrected chi connectivity index (χ0v) is 12.4. The summed E-state index contributed by atoms with van der Waals surface area (Å²) in [5.74, 6) is -1.12. The molecule has 0 aliphatic heterocycles.